The van der Waals surface area contributed by atoms with Crippen molar-refractivity contribution in [2.75, 3.05) is 44.2 Å². The molecule has 0 saturated carbocycles. The Labute approximate surface area is 177 Å². The Balaban J connectivity index is 1.11. The van der Waals surface area contributed by atoms with Gasteiger partial charge in [-0.2, -0.15) is 4.98 Å². The largest absolute Gasteiger partial charge is 0.423 e. The highest BCUT2D eigenvalue weighted by molar-refractivity contribution is 5.79. The summed E-state index contributed by atoms with van der Waals surface area (Å²) in [6, 6.07) is 9.24. The molecule has 1 amide bonds. The Bertz CT molecular complexity index is 835. The number of fused-ring (bicyclic) bond motifs is 1. The maximum atomic E-state index is 12.8. The molecule has 3 aliphatic rings. The molecule has 0 unspecified atom stereocenters. The maximum Gasteiger partial charge on any atom is 0.298 e. The molecule has 5 rings (SSSR count). The van der Waals surface area contributed by atoms with Gasteiger partial charge in [-0.3, -0.25) is 4.79 Å². The van der Waals surface area contributed by atoms with Crippen LogP contribution in [0.3, 0.4) is 0 Å². The minimum Gasteiger partial charge on any atom is -0.423 e. The number of β-amino-alcohol motifs (C(OH)–C–C–N with tert-alkyl or cyclic N) is 1. The number of para-hydroxylation sites is 2. The molecule has 30 heavy (non-hydrogen) atoms. The van der Waals surface area contributed by atoms with Gasteiger partial charge < -0.3 is 24.2 Å². The summed E-state index contributed by atoms with van der Waals surface area (Å²) >= 11 is 0. The average Bonchev–Trinajstić information content (AvgIpc) is 3.23. The summed E-state index contributed by atoms with van der Waals surface area (Å²) in [4.78, 5) is 24.2. The van der Waals surface area contributed by atoms with Gasteiger partial charge in [0.2, 0.25) is 5.91 Å². The number of likely N-dealkylation sites (tertiary alicyclic amines) is 2. The Morgan fingerprint density at radius 1 is 1.00 bits per heavy atom. The second-order valence-electron chi connectivity index (χ2n) is 9.07. The van der Waals surface area contributed by atoms with Crippen LogP contribution in [0, 0.1) is 5.92 Å². The summed E-state index contributed by atoms with van der Waals surface area (Å²) in [6.07, 6.45) is 5.50. The smallest absolute Gasteiger partial charge is 0.298 e. The van der Waals surface area contributed by atoms with Crippen molar-refractivity contribution < 1.29 is 14.3 Å². The third kappa shape index (κ3) is 4.05. The van der Waals surface area contributed by atoms with E-state index in [1.54, 1.807) is 0 Å². The van der Waals surface area contributed by atoms with Crippen LogP contribution in [0.15, 0.2) is 28.7 Å². The van der Waals surface area contributed by atoms with Crippen LogP contribution in [0.2, 0.25) is 0 Å². The quantitative estimate of drug-likeness (QED) is 0.835. The summed E-state index contributed by atoms with van der Waals surface area (Å²) < 4.78 is 5.94. The number of aliphatic hydroxyl groups is 1. The molecule has 3 saturated heterocycles. The second-order valence-corrected chi connectivity index (χ2v) is 9.07. The van der Waals surface area contributed by atoms with Crippen LogP contribution in [0.4, 0.5) is 6.01 Å². The van der Waals surface area contributed by atoms with Crippen molar-refractivity contribution in [3.8, 4) is 0 Å². The van der Waals surface area contributed by atoms with Gasteiger partial charge in [-0.15, -0.1) is 0 Å². The molecule has 0 spiro atoms. The molecule has 1 N–H and O–H groups in total. The first-order chi connectivity index (χ1) is 14.7. The molecule has 1 aromatic carbocycles. The third-order valence-electron chi connectivity index (χ3n) is 7.12. The molecule has 0 bridgehead atoms. The van der Waals surface area contributed by atoms with Gasteiger partial charge in [0.1, 0.15) is 5.52 Å². The van der Waals surface area contributed by atoms with E-state index in [0.717, 1.165) is 88.4 Å². The van der Waals surface area contributed by atoms with Gasteiger partial charge >= 0.3 is 0 Å². The van der Waals surface area contributed by atoms with Crippen molar-refractivity contribution in [3.05, 3.63) is 24.3 Å². The molecule has 162 valence electrons. The van der Waals surface area contributed by atoms with Crippen LogP contribution >= 0.6 is 0 Å². The number of hydrogen-bond acceptors (Lipinski definition) is 6. The highest BCUT2D eigenvalue weighted by Gasteiger charge is 2.34. The molecule has 4 heterocycles. The second kappa shape index (κ2) is 8.55. The number of hydrogen-bond donors (Lipinski definition) is 1. The summed E-state index contributed by atoms with van der Waals surface area (Å²) in [5.74, 6) is 0.394. The van der Waals surface area contributed by atoms with Gasteiger partial charge in [-0.05, 0) is 63.7 Å². The SMILES string of the molecule is O=C(C1CCN(C2CCN(c3nc4ccccc4o3)CC2)CC1)N1CCC[C@H](O)C1. The molecule has 7 nitrogen and oxygen atoms in total. The molecule has 0 aliphatic carbocycles. The van der Waals surface area contributed by atoms with Gasteiger partial charge in [-0.25, -0.2) is 0 Å². The number of carbonyl (C=O) groups excluding carboxylic acids is 1. The zero-order chi connectivity index (χ0) is 20.5. The van der Waals surface area contributed by atoms with Gasteiger partial charge in [-0.1, -0.05) is 12.1 Å². The van der Waals surface area contributed by atoms with E-state index in [9.17, 15) is 9.90 Å². The molecule has 2 aromatic rings. The zero-order valence-corrected chi connectivity index (χ0v) is 17.6. The van der Waals surface area contributed by atoms with E-state index in [1.165, 1.54) is 0 Å². The predicted octanol–water partition coefficient (Wildman–Crippen LogP) is 2.49. The Kier molecular flexibility index (Phi) is 5.65. The zero-order valence-electron chi connectivity index (χ0n) is 17.6. The van der Waals surface area contributed by atoms with E-state index < -0.39 is 0 Å². The molecule has 3 fully saturated rings. The molecule has 7 heteroatoms. The van der Waals surface area contributed by atoms with Crippen LogP contribution in [-0.4, -0.2) is 77.2 Å². The molecular weight excluding hydrogens is 380 g/mol. The number of carbonyl (C=O) groups is 1. The first-order valence-electron chi connectivity index (χ1n) is 11.5. The number of aromatic nitrogens is 1. The van der Waals surface area contributed by atoms with E-state index in [2.05, 4.69) is 14.8 Å². The van der Waals surface area contributed by atoms with Crippen LogP contribution in [0.5, 0.6) is 0 Å². The minimum atomic E-state index is -0.339. The lowest BCUT2D eigenvalue weighted by Crippen LogP contribution is -2.51. The molecule has 1 aromatic heterocycles. The summed E-state index contributed by atoms with van der Waals surface area (Å²) in [6.45, 7) is 5.25. The minimum absolute atomic E-state index is 0.131. The number of amides is 1. The van der Waals surface area contributed by atoms with E-state index >= 15 is 0 Å². The third-order valence-corrected chi connectivity index (χ3v) is 7.12. The highest BCUT2D eigenvalue weighted by atomic mass is 16.4. The number of anilines is 1. The molecule has 1 atom stereocenters. The van der Waals surface area contributed by atoms with E-state index in [-0.39, 0.29) is 17.9 Å². The van der Waals surface area contributed by atoms with Crippen molar-refractivity contribution in [1.82, 2.24) is 14.8 Å². The van der Waals surface area contributed by atoms with Gasteiger partial charge in [0.05, 0.1) is 6.10 Å². The maximum absolute atomic E-state index is 12.8. The van der Waals surface area contributed by atoms with Crippen molar-refractivity contribution in [3.63, 3.8) is 0 Å². The standard InChI is InChI=1S/C23H32N4O3/c28-19-4-3-11-27(16-19)22(29)17-7-12-25(13-8-17)18-9-14-26(15-10-18)23-24-20-5-1-2-6-21(20)30-23/h1-2,5-6,17-19,28H,3-4,7-16H2/t19-/m0/s1. The molecule has 0 radical (unpaired) electrons. The average molecular weight is 413 g/mol. The molecular formula is C23H32N4O3. The van der Waals surface area contributed by atoms with Gasteiger partial charge in [0.15, 0.2) is 5.58 Å². The number of rotatable bonds is 3. The lowest BCUT2D eigenvalue weighted by atomic mass is 9.91. The Hall–Kier alpha value is -2.12. The first kappa shape index (κ1) is 19.8. The van der Waals surface area contributed by atoms with Crippen LogP contribution in [0.25, 0.3) is 11.1 Å². The van der Waals surface area contributed by atoms with E-state index in [1.807, 2.05) is 29.2 Å². The summed E-state index contributed by atoms with van der Waals surface area (Å²) in [7, 11) is 0. The summed E-state index contributed by atoms with van der Waals surface area (Å²) in [5, 5.41) is 9.87. The first-order valence-corrected chi connectivity index (χ1v) is 11.5. The lowest BCUT2D eigenvalue weighted by Gasteiger charge is -2.42. The van der Waals surface area contributed by atoms with Gasteiger partial charge in [0.25, 0.3) is 6.01 Å². The number of nitrogens with zero attached hydrogens (tertiary/aromatic N) is 4. The van der Waals surface area contributed by atoms with Crippen molar-refractivity contribution in [1.29, 1.82) is 0 Å². The number of benzene rings is 1. The van der Waals surface area contributed by atoms with E-state index in [4.69, 9.17) is 4.42 Å². The highest BCUT2D eigenvalue weighted by Crippen LogP contribution is 2.29. The predicted molar refractivity (Wildman–Crippen MR) is 115 cm³/mol. The van der Waals surface area contributed by atoms with Crippen LogP contribution < -0.4 is 4.90 Å². The fourth-order valence-electron chi connectivity index (χ4n) is 5.34. The summed E-state index contributed by atoms with van der Waals surface area (Å²) in [5.41, 5.74) is 1.77. The number of piperidine rings is 3. The fourth-order valence-corrected chi connectivity index (χ4v) is 5.34. The fraction of sp³-hybridized carbons (Fsp3) is 0.652. The van der Waals surface area contributed by atoms with Crippen molar-refractivity contribution in [2.24, 2.45) is 5.92 Å². The van der Waals surface area contributed by atoms with E-state index in [0.29, 0.717) is 12.6 Å². The lowest BCUT2D eigenvalue weighted by molar-refractivity contribution is -0.140. The topological polar surface area (TPSA) is 73.1 Å². The monoisotopic (exact) mass is 412 g/mol. The number of aliphatic hydroxyl groups excluding tert-OH is 1. The Morgan fingerprint density at radius 2 is 1.77 bits per heavy atom. The normalized spacial score (nSPS) is 25.2. The van der Waals surface area contributed by atoms with Crippen molar-refractivity contribution in [2.45, 2.75) is 50.7 Å². The van der Waals surface area contributed by atoms with Crippen LogP contribution in [0.1, 0.15) is 38.5 Å². The number of oxazole rings is 1. The Morgan fingerprint density at radius 3 is 2.50 bits per heavy atom. The van der Waals surface area contributed by atoms with Gasteiger partial charge in [0, 0.05) is 38.1 Å². The molecule has 3 aliphatic heterocycles. The van der Waals surface area contributed by atoms with Crippen molar-refractivity contribution >= 4 is 23.0 Å². The van der Waals surface area contributed by atoms with Crippen LogP contribution in [-0.2, 0) is 4.79 Å².